The topological polar surface area (TPSA) is 84.2 Å². The van der Waals surface area contributed by atoms with Gasteiger partial charge in [-0.15, -0.1) is 0 Å². The number of pyridine rings is 1. The Morgan fingerprint density at radius 2 is 2.06 bits per heavy atom. The van der Waals surface area contributed by atoms with Gasteiger partial charge in [0.25, 0.3) is 0 Å². The van der Waals surface area contributed by atoms with Crippen LogP contribution in [0.15, 0.2) is 42.9 Å². The summed E-state index contributed by atoms with van der Waals surface area (Å²) in [6, 6.07) is 8.37. The number of methoxy groups -OCH3 is 1. The number of carbonyl (C=O) groups is 1. The van der Waals surface area contributed by atoms with Crippen LogP contribution in [0.3, 0.4) is 0 Å². The molecule has 0 saturated carbocycles. The molecule has 0 spiro atoms. The van der Waals surface area contributed by atoms with Gasteiger partial charge in [0.1, 0.15) is 5.60 Å². The van der Waals surface area contributed by atoms with Crippen LogP contribution in [0.1, 0.15) is 25.3 Å². The van der Waals surface area contributed by atoms with Crippen LogP contribution in [0.5, 0.6) is 0 Å². The van der Waals surface area contributed by atoms with Gasteiger partial charge in [0.05, 0.1) is 23.5 Å². The van der Waals surface area contributed by atoms with Gasteiger partial charge in [-0.05, 0) is 44.5 Å². The number of amides is 1. The van der Waals surface area contributed by atoms with Gasteiger partial charge in [-0.25, -0.2) is 9.31 Å². The third kappa shape index (κ3) is 4.21. The number of rotatable bonds is 5. The van der Waals surface area contributed by atoms with Crippen molar-refractivity contribution in [3.8, 4) is 11.3 Å². The highest BCUT2D eigenvalue weighted by atomic mass is 16.6. The minimum atomic E-state index is -0.310. The zero-order valence-corrected chi connectivity index (χ0v) is 19.9. The lowest BCUT2D eigenvalue weighted by molar-refractivity contribution is -0.0335. The largest absolute Gasteiger partial charge is 0.450 e. The fourth-order valence-corrected chi connectivity index (χ4v) is 5.00. The van der Waals surface area contributed by atoms with Crippen LogP contribution in [-0.4, -0.2) is 78.6 Å². The van der Waals surface area contributed by atoms with E-state index in [0.29, 0.717) is 19.7 Å². The third-order valence-electron chi connectivity index (χ3n) is 6.95. The molecule has 0 bridgehead atoms. The quantitative estimate of drug-likeness (QED) is 0.622. The lowest BCUT2D eigenvalue weighted by Crippen LogP contribution is -2.49. The first-order valence-corrected chi connectivity index (χ1v) is 12.0. The van der Waals surface area contributed by atoms with Crippen molar-refractivity contribution >= 4 is 17.3 Å². The molecule has 2 aliphatic rings. The molecule has 3 aromatic rings. The average Bonchev–Trinajstić information content (AvgIpc) is 3.34. The highest BCUT2D eigenvalue weighted by molar-refractivity contribution is 5.79. The Balaban J connectivity index is 1.36. The standard InChI is InChI=1S/C25H32N6O3/c1-3-34-24(32)30-13-11-29(12-14-30)22-7-10-28-31-17-19(15-23(22)31)21-6-5-20(16-27-21)25(33-2)8-4-9-26-18-25/h5-7,10,15-17,26H,3-4,8-9,11-14,18H2,1-2H3/t25-/m1/s1. The minimum Gasteiger partial charge on any atom is -0.450 e. The molecule has 0 aliphatic carbocycles. The molecule has 34 heavy (non-hydrogen) atoms. The second kappa shape index (κ2) is 9.60. The van der Waals surface area contributed by atoms with Crippen LogP contribution >= 0.6 is 0 Å². The first kappa shape index (κ1) is 22.6. The summed E-state index contributed by atoms with van der Waals surface area (Å²) in [4.78, 5) is 20.9. The van der Waals surface area contributed by atoms with Crippen molar-refractivity contribution in [1.29, 1.82) is 0 Å². The molecule has 0 unspecified atom stereocenters. The summed E-state index contributed by atoms with van der Waals surface area (Å²) < 4.78 is 13.0. The highest BCUT2D eigenvalue weighted by Crippen LogP contribution is 2.33. The van der Waals surface area contributed by atoms with E-state index in [1.165, 1.54) is 0 Å². The van der Waals surface area contributed by atoms with Crippen LogP contribution in [0, 0.1) is 0 Å². The molecule has 180 valence electrons. The van der Waals surface area contributed by atoms with Crippen LogP contribution in [0.25, 0.3) is 16.8 Å². The first-order valence-electron chi connectivity index (χ1n) is 12.0. The zero-order chi connectivity index (χ0) is 23.5. The molecule has 2 aliphatic heterocycles. The molecule has 2 fully saturated rings. The second-order valence-electron chi connectivity index (χ2n) is 8.86. The van der Waals surface area contributed by atoms with E-state index in [1.54, 1.807) is 12.0 Å². The van der Waals surface area contributed by atoms with Crippen molar-refractivity contribution in [2.24, 2.45) is 0 Å². The number of anilines is 1. The molecule has 2 saturated heterocycles. The number of ether oxygens (including phenoxy) is 2. The Labute approximate surface area is 199 Å². The Morgan fingerprint density at radius 1 is 1.21 bits per heavy atom. The van der Waals surface area contributed by atoms with Crippen molar-refractivity contribution in [3.63, 3.8) is 0 Å². The number of nitrogens with zero attached hydrogens (tertiary/aromatic N) is 5. The van der Waals surface area contributed by atoms with E-state index in [1.807, 2.05) is 36.1 Å². The molecule has 9 heteroatoms. The molecule has 0 radical (unpaired) electrons. The Hall–Kier alpha value is -3.17. The molecule has 9 nitrogen and oxygen atoms in total. The highest BCUT2D eigenvalue weighted by Gasteiger charge is 2.34. The Kier molecular flexibility index (Phi) is 6.38. The molecule has 5 heterocycles. The van der Waals surface area contributed by atoms with Crippen LogP contribution < -0.4 is 10.2 Å². The Morgan fingerprint density at radius 3 is 2.74 bits per heavy atom. The predicted molar refractivity (Wildman–Crippen MR) is 130 cm³/mol. The monoisotopic (exact) mass is 464 g/mol. The fraction of sp³-hybridized carbons (Fsp3) is 0.480. The molecule has 5 rings (SSSR count). The number of hydrogen-bond acceptors (Lipinski definition) is 7. The number of hydrogen-bond donors (Lipinski definition) is 1. The molecule has 1 amide bonds. The van der Waals surface area contributed by atoms with Gasteiger partial charge in [0, 0.05) is 69.6 Å². The van der Waals surface area contributed by atoms with E-state index in [9.17, 15) is 4.79 Å². The molecule has 1 atom stereocenters. The summed E-state index contributed by atoms with van der Waals surface area (Å²) in [6.45, 7) is 6.84. The normalized spacial score (nSPS) is 21.1. The van der Waals surface area contributed by atoms with Crippen LogP contribution in [0.4, 0.5) is 10.5 Å². The van der Waals surface area contributed by atoms with Gasteiger partial charge in [-0.3, -0.25) is 4.98 Å². The average molecular weight is 465 g/mol. The van der Waals surface area contributed by atoms with Crippen LogP contribution in [-0.2, 0) is 15.1 Å². The summed E-state index contributed by atoms with van der Waals surface area (Å²) in [5.74, 6) is 0. The molecule has 1 N–H and O–H groups in total. The van der Waals surface area contributed by atoms with Gasteiger partial charge in [0.2, 0.25) is 0 Å². The van der Waals surface area contributed by atoms with E-state index >= 15 is 0 Å². The van der Waals surface area contributed by atoms with Gasteiger partial charge in [0.15, 0.2) is 0 Å². The maximum Gasteiger partial charge on any atom is 0.409 e. The van der Waals surface area contributed by atoms with E-state index in [-0.39, 0.29) is 11.7 Å². The molecular formula is C25H32N6O3. The lowest BCUT2D eigenvalue weighted by atomic mass is 9.87. The summed E-state index contributed by atoms with van der Waals surface area (Å²) in [5, 5.41) is 7.96. The van der Waals surface area contributed by atoms with Gasteiger partial charge in [-0.2, -0.15) is 5.10 Å². The van der Waals surface area contributed by atoms with Crippen molar-refractivity contribution in [2.45, 2.75) is 25.4 Å². The fourth-order valence-electron chi connectivity index (χ4n) is 5.00. The van der Waals surface area contributed by atoms with Gasteiger partial charge < -0.3 is 24.6 Å². The molecule has 3 aromatic heterocycles. The number of piperidine rings is 1. The van der Waals surface area contributed by atoms with Crippen molar-refractivity contribution < 1.29 is 14.3 Å². The molecule has 0 aromatic carbocycles. The number of piperazine rings is 1. The van der Waals surface area contributed by atoms with E-state index in [4.69, 9.17) is 14.5 Å². The number of nitrogens with one attached hydrogen (secondary N) is 1. The van der Waals surface area contributed by atoms with E-state index in [2.05, 4.69) is 33.5 Å². The Bertz CT molecular complexity index is 1130. The van der Waals surface area contributed by atoms with Gasteiger partial charge >= 0.3 is 6.09 Å². The number of aromatic nitrogens is 3. The number of fused-ring (bicyclic) bond motifs is 1. The summed E-state index contributed by atoms with van der Waals surface area (Å²) >= 11 is 0. The number of carbonyl (C=O) groups excluding carboxylic acids is 1. The smallest absolute Gasteiger partial charge is 0.409 e. The molecular weight excluding hydrogens is 432 g/mol. The first-order chi connectivity index (χ1) is 16.6. The van der Waals surface area contributed by atoms with Crippen molar-refractivity contribution in [2.75, 3.05) is 57.9 Å². The maximum absolute atomic E-state index is 12.0. The van der Waals surface area contributed by atoms with Crippen LogP contribution in [0.2, 0.25) is 0 Å². The van der Waals surface area contributed by atoms with Crippen molar-refractivity contribution in [3.05, 3.63) is 48.4 Å². The van der Waals surface area contributed by atoms with E-state index < -0.39 is 0 Å². The second-order valence-corrected chi connectivity index (χ2v) is 8.86. The van der Waals surface area contributed by atoms with E-state index in [0.717, 1.165) is 67.0 Å². The van der Waals surface area contributed by atoms with Gasteiger partial charge in [-0.1, -0.05) is 6.07 Å². The SMILES string of the molecule is CCOC(=O)N1CCN(c2ccnn3cc(-c4ccc([C@@]5(OC)CCCNC5)cn4)cc23)CC1. The minimum absolute atomic E-state index is 0.235. The van der Waals surface area contributed by atoms with Crippen molar-refractivity contribution in [1.82, 2.24) is 24.8 Å². The summed E-state index contributed by atoms with van der Waals surface area (Å²) in [6.07, 6.45) is 7.62. The zero-order valence-electron chi connectivity index (χ0n) is 19.9. The summed E-state index contributed by atoms with van der Waals surface area (Å²) in [5.41, 5.74) is 4.85. The summed E-state index contributed by atoms with van der Waals surface area (Å²) in [7, 11) is 1.78. The predicted octanol–water partition coefficient (Wildman–Crippen LogP) is 2.90. The lowest BCUT2D eigenvalue weighted by Gasteiger charge is -2.36. The third-order valence-corrected chi connectivity index (χ3v) is 6.95. The maximum atomic E-state index is 12.0.